The average Bonchev–Trinajstić information content (AvgIpc) is 2.47. The third-order valence-corrected chi connectivity index (χ3v) is 3.30. The fourth-order valence-corrected chi connectivity index (χ4v) is 2.23. The fraction of sp³-hybridized carbons (Fsp3) is 0.429. The molecule has 1 aliphatic rings. The maximum Gasteiger partial charge on any atom is 0.279 e. The van der Waals surface area contributed by atoms with E-state index >= 15 is 0 Å². The maximum absolute atomic E-state index is 12.1. The van der Waals surface area contributed by atoms with Crippen molar-refractivity contribution in [3.63, 3.8) is 0 Å². The molecular formula is C14H20N3O4+. The van der Waals surface area contributed by atoms with Gasteiger partial charge in [0.15, 0.2) is 13.1 Å². The molecule has 1 unspecified atom stereocenters. The lowest BCUT2D eigenvalue weighted by molar-refractivity contribution is -0.885. The minimum Gasteiger partial charge on any atom is -0.497 e. The van der Waals surface area contributed by atoms with Crippen molar-refractivity contribution in [2.24, 2.45) is 0 Å². The predicted molar refractivity (Wildman–Crippen MR) is 76.7 cm³/mol. The Morgan fingerprint density at radius 3 is 2.86 bits per heavy atom. The number of anilines is 1. The van der Waals surface area contributed by atoms with Crippen LogP contribution in [-0.2, 0) is 9.59 Å². The molecule has 3 N–H and O–H groups in total. The Morgan fingerprint density at radius 1 is 1.38 bits per heavy atom. The molecule has 2 rings (SSSR count). The Bertz CT molecular complexity index is 533. The van der Waals surface area contributed by atoms with Crippen LogP contribution in [0, 0.1) is 0 Å². The van der Waals surface area contributed by atoms with Crippen LogP contribution < -0.4 is 25.0 Å². The van der Waals surface area contributed by atoms with Gasteiger partial charge in [-0.05, 0) is 12.1 Å². The topological polar surface area (TPSA) is 81.1 Å². The molecule has 1 saturated heterocycles. The number of quaternary nitrogens is 1. The van der Waals surface area contributed by atoms with Crippen LogP contribution in [0.4, 0.5) is 5.69 Å². The monoisotopic (exact) mass is 294 g/mol. The average molecular weight is 294 g/mol. The first kappa shape index (κ1) is 15.1. The zero-order valence-corrected chi connectivity index (χ0v) is 12.2. The van der Waals surface area contributed by atoms with Gasteiger partial charge in [0.25, 0.3) is 11.8 Å². The molecule has 1 aromatic carbocycles. The van der Waals surface area contributed by atoms with Gasteiger partial charge in [0.2, 0.25) is 0 Å². The Morgan fingerprint density at radius 2 is 2.19 bits per heavy atom. The van der Waals surface area contributed by atoms with Crippen molar-refractivity contribution in [3.8, 4) is 11.5 Å². The summed E-state index contributed by atoms with van der Waals surface area (Å²) in [5.41, 5.74) is 0.587. The summed E-state index contributed by atoms with van der Waals surface area (Å²) in [6, 6.07) is 5.18. The van der Waals surface area contributed by atoms with Crippen LogP contribution >= 0.6 is 0 Å². The van der Waals surface area contributed by atoms with Crippen LogP contribution in [0.1, 0.15) is 0 Å². The number of methoxy groups -OCH3 is 2. The quantitative estimate of drug-likeness (QED) is 0.628. The molecule has 1 fully saturated rings. The Kier molecular flexibility index (Phi) is 4.99. The summed E-state index contributed by atoms with van der Waals surface area (Å²) in [5, 5.41) is 5.54. The Hall–Kier alpha value is -2.28. The largest absolute Gasteiger partial charge is 0.497 e. The standard InChI is InChI=1S/C14H19N3O4/c1-20-10-3-4-11(12(7-10)21-2)16-14(19)9-17-6-5-15-13(18)8-17/h3-4,7H,5-6,8-9H2,1-2H3,(H,15,18)(H,16,19)/p+1. The van der Waals surface area contributed by atoms with E-state index in [-0.39, 0.29) is 18.4 Å². The van der Waals surface area contributed by atoms with Crippen molar-refractivity contribution in [2.45, 2.75) is 0 Å². The second-order valence-corrected chi connectivity index (χ2v) is 4.82. The minimum atomic E-state index is -0.150. The Balaban J connectivity index is 1.97. The van der Waals surface area contributed by atoms with E-state index in [2.05, 4.69) is 10.6 Å². The molecule has 2 amide bonds. The molecule has 21 heavy (non-hydrogen) atoms. The summed E-state index contributed by atoms with van der Waals surface area (Å²) in [7, 11) is 3.10. The lowest BCUT2D eigenvalue weighted by Crippen LogP contribution is -3.16. The molecule has 0 radical (unpaired) electrons. The van der Waals surface area contributed by atoms with E-state index in [1.54, 1.807) is 25.3 Å². The van der Waals surface area contributed by atoms with Gasteiger partial charge in [-0.2, -0.15) is 0 Å². The SMILES string of the molecule is COc1ccc(NC(=O)C[NH+]2CCNC(=O)C2)c(OC)c1. The van der Waals surface area contributed by atoms with Gasteiger partial charge < -0.3 is 25.0 Å². The van der Waals surface area contributed by atoms with Gasteiger partial charge in [-0.3, -0.25) is 9.59 Å². The molecule has 7 heteroatoms. The number of piperazine rings is 1. The molecule has 1 atom stereocenters. The Labute approximate surface area is 123 Å². The number of hydrogen-bond donors (Lipinski definition) is 3. The van der Waals surface area contributed by atoms with Gasteiger partial charge in [-0.15, -0.1) is 0 Å². The lowest BCUT2D eigenvalue weighted by Gasteiger charge is -2.23. The summed E-state index contributed by atoms with van der Waals surface area (Å²) in [4.78, 5) is 24.3. The number of carbonyl (C=O) groups is 2. The van der Waals surface area contributed by atoms with E-state index in [4.69, 9.17) is 9.47 Å². The van der Waals surface area contributed by atoms with Gasteiger partial charge in [0, 0.05) is 6.07 Å². The van der Waals surface area contributed by atoms with Gasteiger partial charge in [0.05, 0.1) is 33.0 Å². The molecule has 1 aliphatic heterocycles. The van der Waals surface area contributed by atoms with Crippen molar-refractivity contribution in [1.82, 2.24) is 5.32 Å². The predicted octanol–water partition coefficient (Wildman–Crippen LogP) is -1.34. The first-order valence-corrected chi connectivity index (χ1v) is 6.74. The summed E-state index contributed by atoms with van der Waals surface area (Å²) in [6.45, 7) is 1.93. The van der Waals surface area contributed by atoms with E-state index in [0.29, 0.717) is 30.3 Å². The highest BCUT2D eigenvalue weighted by atomic mass is 16.5. The lowest BCUT2D eigenvalue weighted by atomic mass is 10.2. The third-order valence-electron chi connectivity index (χ3n) is 3.30. The zero-order valence-electron chi connectivity index (χ0n) is 12.2. The smallest absolute Gasteiger partial charge is 0.279 e. The zero-order chi connectivity index (χ0) is 15.2. The number of benzene rings is 1. The summed E-state index contributed by atoms with van der Waals surface area (Å²) in [5.74, 6) is 1.02. The second kappa shape index (κ2) is 6.94. The van der Waals surface area contributed by atoms with Crippen molar-refractivity contribution < 1.29 is 24.0 Å². The van der Waals surface area contributed by atoms with Crippen LogP contribution in [0.3, 0.4) is 0 Å². The normalized spacial score (nSPS) is 17.8. The van der Waals surface area contributed by atoms with Gasteiger partial charge >= 0.3 is 0 Å². The van der Waals surface area contributed by atoms with Crippen molar-refractivity contribution >= 4 is 17.5 Å². The van der Waals surface area contributed by atoms with E-state index in [0.717, 1.165) is 11.4 Å². The molecule has 0 spiro atoms. The summed E-state index contributed by atoms with van der Waals surface area (Å²) < 4.78 is 10.3. The van der Waals surface area contributed by atoms with E-state index in [1.165, 1.54) is 7.11 Å². The number of carbonyl (C=O) groups excluding carboxylic acids is 2. The molecule has 0 aromatic heterocycles. The molecular weight excluding hydrogens is 274 g/mol. The number of hydrogen-bond acceptors (Lipinski definition) is 4. The number of amides is 2. The van der Waals surface area contributed by atoms with Crippen LogP contribution in [0.25, 0.3) is 0 Å². The van der Waals surface area contributed by atoms with Crippen LogP contribution in [0.2, 0.25) is 0 Å². The first-order chi connectivity index (χ1) is 10.1. The first-order valence-electron chi connectivity index (χ1n) is 6.74. The number of rotatable bonds is 5. The van der Waals surface area contributed by atoms with Gasteiger partial charge in [-0.1, -0.05) is 0 Å². The molecule has 114 valence electrons. The summed E-state index contributed by atoms with van der Waals surface area (Å²) >= 11 is 0. The maximum atomic E-state index is 12.1. The van der Waals surface area contributed by atoms with Crippen LogP contribution in [0.15, 0.2) is 18.2 Å². The highest BCUT2D eigenvalue weighted by Crippen LogP contribution is 2.28. The highest BCUT2D eigenvalue weighted by molar-refractivity contribution is 5.93. The van der Waals surface area contributed by atoms with Crippen LogP contribution in [-0.4, -0.2) is 52.2 Å². The van der Waals surface area contributed by atoms with Crippen molar-refractivity contribution in [1.29, 1.82) is 0 Å². The highest BCUT2D eigenvalue weighted by Gasteiger charge is 2.22. The van der Waals surface area contributed by atoms with Gasteiger partial charge in [0.1, 0.15) is 11.5 Å². The molecule has 0 aliphatic carbocycles. The number of ether oxygens (including phenoxy) is 2. The molecule has 0 bridgehead atoms. The third kappa shape index (κ3) is 4.09. The van der Waals surface area contributed by atoms with Crippen LogP contribution in [0.5, 0.6) is 11.5 Å². The van der Waals surface area contributed by atoms with Gasteiger partial charge in [-0.25, -0.2) is 0 Å². The van der Waals surface area contributed by atoms with Crippen molar-refractivity contribution in [3.05, 3.63) is 18.2 Å². The second-order valence-electron chi connectivity index (χ2n) is 4.82. The molecule has 7 nitrogen and oxygen atoms in total. The fourth-order valence-electron chi connectivity index (χ4n) is 2.23. The summed E-state index contributed by atoms with van der Waals surface area (Å²) in [6.07, 6.45) is 0. The molecule has 1 aromatic rings. The molecule has 1 heterocycles. The van der Waals surface area contributed by atoms with E-state index in [1.807, 2.05) is 0 Å². The van der Waals surface area contributed by atoms with E-state index < -0.39 is 0 Å². The van der Waals surface area contributed by atoms with E-state index in [9.17, 15) is 9.59 Å². The number of nitrogens with one attached hydrogen (secondary N) is 3. The molecule has 0 saturated carbocycles. The minimum absolute atomic E-state index is 0.0221. The van der Waals surface area contributed by atoms with Crippen molar-refractivity contribution in [2.75, 3.05) is 45.7 Å².